The summed E-state index contributed by atoms with van der Waals surface area (Å²) >= 11 is 1.37. The maximum Gasteiger partial charge on any atom is 0.362 e. The fourth-order valence-corrected chi connectivity index (χ4v) is 4.97. The van der Waals surface area contributed by atoms with E-state index in [4.69, 9.17) is 24.0 Å². The molecule has 0 aliphatic carbocycles. The Kier molecular flexibility index (Phi) is 10.8. The van der Waals surface area contributed by atoms with Crippen molar-refractivity contribution in [3.63, 3.8) is 0 Å². The second-order valence-electron chi connectivity index (χ2n) is 8.61. The van der Waals surface area contributed by atoms with E-state index < -0.39 is 11.5 Å². The Balaban J connectivity index is 1.68. The van der Waals surface area contributed by atoms with E-state index in [0.717, 1.165) is 16.7 Å². The molecule has 9 heteroatoms. The van der Waals surface area contributed by atoms with Gasteiger partial charge in [0.2, 0.25) is 5.71 Å². The number of thiazole rings is 1. The highest BCUT2D eigenvalue weighted by atomic mass is 32.1. The van der Waals surface area contributed by atoms with E-state index in [1.54, 1.807) is 19.4 Å². The van der Waals surface area contributed by atoms with Crippen molar-refractivity contribution in [2.75, 3.05) is 45.5 Å². The zero-order valence-corrected chi connectivity index (χ0v) is 23.4. The van der Waals surface area contributed by atoms with E-state index >= 15 is 0 Å². The van der Waals surface area contributed by atoms with Gasteiger partial charge in [-0.25, -0.2) is 9.78 Å². The van der Waals surface area contributed by atoms with Crippen LogP contribution in [0.1, 0.15) is 29.3 Å². The topological polar surface area (TPSA) is 91.3 Å². The average molecular weight is 560 g/mol. The first-order valence-corrected chi connectivity index (χ1v) is 13.9. The minimum absolute atomic E-state index is 0.00669. The molecule has 0 radical (unpaired) electrons. The molecule has 0 saturated carbocycles. The molecule has 1 heterocycles. The number of carbonyl (C=O) groups is 1. The summed E-state index contributed by atoms with van der Waals surface area (Å²) in [4.78, 5) is 22.9. The fraction of sp³-hybridized carbons (Fsp3) is 0.258. The summed E-state index contributed by atoms with van der Waals surface area (Å²) in [7, 11) is 1.61. The van der Waals surface area contributed by atoms with Crippen LogP contribution in [0.15, 0.2) is 102 Å². The molecular weight excluding hydrogens is 526 g/mol. The lowest BCUT2D eigenvalue weighted by Gasteiger charge is -2.36. The summed E-state index contributed by atoms with van der Waals surface area (Å²) in [6.45, 7) is 3.35. The van der Waals surface area contributed by atoms with E-state index in [1.165, 1.54) is 11.3 Å². The monoisotopic (exact) mass is 559 g/mol. The molecule has 0 fully saturated rings. The lowest BCUT2D eigenvalue weighted by Crippen LogP contribution is -2.38. The average Bonchev–Trinajstić information content (AvgIpc) is 3.46. The number of esters is 1. The van der Waals surface area contributed by atoms with Crippen LogP contribution in [-0.4, -0.2) is 56.8 Å². The van der Waals surface area contributed by atoms with Crippen molar-refractivity contribution < 1.29 is 23.8 Å². The first-order valence-electron chi connectivity index (χ1n) is 13.0. The van der Waals surface area contributed by atoms with E-state index in [0.29, 0.717) is 30.6 Å². The Morgan fingerprint density at radius 3 is 1.93 bits per heavy atom. The number of rotatable bonds is 15. The normalized spacial score (nSPS) is 11.7. The third-order valence-electron chi connectivity index (χ3n) is 6.04. The summed E-state index contributed by atoms with van der Waals surface area (Å²) in [6, 6.07) is 30.7. The number of benzene rings is 3. The van der Waals surface area contributed by atoms with E-state index in [-0.39, 0.29) is 18.9 Å². The molecule has 3 aromatic carbocycles. The molecule has 0 spiro atoms. The summed E-state index contributed by atoms with van der Waals surface area (Å²) in [5.41, 5.74) is 2.72. The zero-order chi connectivity index (χ0) is 28.0. The Hall–Kier alpha value is -4.05. The van der Waals surface area contributed by atoms with E-state index in [9.17, 15) is 4.79 Å². The molecule has 4 aromatic rings. The molecule has 40 heavy (non-hydrogen) atoms. The molecule has 0 bridgehead atoms. The first kappa shape index (κ1) is 28.9. The van der Waals surface area contributed by atoms with Gasteiger partial charge < -0.3 is 24.4 Å². The minimum Gasteiger partial charge on any atom is -0.461 e. The van der Waals surface area contributed by atoms with Gasteiger partial charge in [-0.05, 0) is 23.6 Å². The number of hydrogen-bond acceptors (Lipinski definition) is 9. The molecule has 0 amide bonds. The molecule has 1 aromatic heterocycles. The van der Waals surface area contributed by atoms with Crippen LogP contribution in [0.25, 0.3) is 0 Å². The SMILES string of the molecule is CCOC(=O)/C(=N\OCCOCCOC)c1csc(NC(c2ccccc2)(c2ccccc2)c2ccccc2)n1. The summed E-state index contributed by atoms with van der Waals surface area (Å²) in [5.74, 6) is -0.611. The van der Waals surface area contributed by atoms with Crippen LogP contribution in [0.5, 0.6) is 0 Å². The van der Waals surface area contributed by atoms with Gasteiger partial charge >= 0.3 is 5.97 Å². The van der Waals surface area contributed by atoms with E-state index in [2.05, 4.69) is 46.9 Å². The molecule has 0 atom stereocenters. The molecule has 4 rings (SSSR count). The molecule has 208 valence electrons. The van der Waals surface area contributed by atoms with Gasteiger partial charge in [-0.15, -0.1) is 11.3 Å². The largest absolute Gasteiger partial charge is 0.461 e. The van der Waals surface area contributed by atoms with Gasteiger partial charge in [0.25, 0.3) is 0 Å². The Bertz CT molecular complexity index is 1250. The van der Waals surface area contributed by atoms with Crippen molar-refractivity contribution in [1.29, 1.82) is 0 Å². The van der Waals surface area contributed by atoms with Crippen molar-refractivity contribution in [3.05, 3.63) is 119 Å². The molecular formula is C31H33N3O5S. The number of anilines is 1. The van der Waals surface area contributed by atoms with Crippen LogP contribution in [0.3, 0.4) is 0 Å². The van der Waals surface area contributed by atoms with Crippen LogP contribution < -0.4 is 5.32 Å². The third kappa shape index (κ3) is 7.12. The fourth-order valence-electron chi connectivity index (χ4n) is 4.22. The number of nitrogens with zero attached hydrogens (tertiary/aromatic N) is 2. The van der Waals surface area contributed by atoms with Crippen molar-refractivity contribution in [1.82, 2.24) is 4.98 Å². The van der Waals surface area contributed by atoms with E-state index in [1.807, 2.05) is 54.6 Å². The highest BCUT2D eigenvalue weighted by Gasteiger charge is 2.37. The Morgan fingerprint density at radius 2 is 1.40 bits per heavy atom. The van der Waals surface area contributed by atoms with Gasteiger partial charge in [0.05, 0.1) is 26.4 Å². The Labute approximate surface area is 238 Å². The van der Waals surface area contributed by atoms with Crippen molar-refractivity contribution >= 4 is 28.1 Å². The van der Waals surface area contributed by atoms with Crippen molar-refractivity contribution in [2.24, 2.45) is 5.16 Å². The first-order chi connectivity index (χ1) is 19.7. The molecule has 0 saturated heterocycles. The standard InChI is InChI=1S/C31H33N3O5S/c1-3-38-29(35)28(34-39-22-21-37-20-19-36-2)27-23-40-30(32-27)33-31(24-13-7-4-8-14-24,25-15-9-5-10-16-25)26-17-11-6-12-18-26/h4-18,23H,3,19-22H2,1-2H3,(H,32,33)/b34-28-. The van der Waals surface area contributed by atoms with Crippen molar-refractivity contribution in [2.45, 2.75) is 12.5 Å². The maximum absolute atomic E-state index is 12.8. The second-order valence-corrected chi connectivity index (χ2v) is 9.47. The third-order valence-corrected chi connectivity index (χ3v) is 6.79. The van der Waals surface area contributed by atoms with Gasteiger partial charge in [0.1, 0.15) is 17.8 Å². The number of oxime groups is 1. The quantitative estimate of drug-likeness (QED) is 0.0677. The highest BCUT2D eigenvalue weighted by Crippen LogP contribution is 2.40. The number of carbonyl (C=O) groups excluding carboxylic acids is 1. The summed E-state index contributed by atoms with van der Waals surface area (Å²) in [5, 5.41) is 10.1. The number of aromatic nitrogens is 1. The number of ether oxygens (including phenoxy) is 3. The van der Waals surface area contributed by atoms with Crippen LogP contribution in [-0.2, 0) is 29.4 Å². The van der Waals surface area contributed by atoms with Gasteiger partial charge in [0.15, 0.2) is 5.13 Å². The predicted molar refractivity (Wildman–Crippen MR) is 157 cm³/mol. The van der Waals surface area contributed by atoms with Gasteiger partial charge in [-0.2, -0.15) is 0 Å². The number of nitrogens with one attached hydrogen (secondary N) is 1. The maximum atomic E-state index is 12.8. The minimum atomic E-state index is -0.754. The van der Waals surface area contributed by atoms with Crippen molar-refractivity contribution in [3.8, 4) is 0 Å². The number of hydrogen-bond donors (Lipinski definition) is 1. The van der Waals surface area contributed by atoms with Gasteiger partial charge in [-0.3, -0.25) is 0 Å². The van der Waals surface area contributed by atoms with Crippen LogP contribution in [0.4, 0.5) is 5.13 Å². The van der Waals surface area contributed by atoms with Crippen LogP contribution in [0.2, 0.25) is 0 Å². The molecule has 0 aliphatic rings. The molecule has 0 aliphatic heterocycles. The summed E-state index contributed by atoms with van der Waals surface area (Å²) < 4.78 is 15.6. The Morgan fingerprint density at radius 1 is 0.850 bits per heavy atom. The van der Waals surface area contributed by atoms with Gasteiger partial charge in [-0.1, -0.05) is 96.2 Å². The lowest BCUT2D eigenvalue weighted by molar-refractivity contribution is -0.135. The predicted octanol–water partition coefficient (Wildman–Crippen LogP) is 5.49. The summed E-state index contributed by atoms with van der Waals surface area (Å²) in [6.07, 6.45) is 0. The molecule has 1 N–H and O–H groups in total. The molecule has 8 nitrogen and oxygen atoms in total. The lowest BCUT2D eigenvalue weighted by atomic mass is 9.77. The van der Waals surface area contributed by atoms with Crippen LogP contribution >= 0.6 is 11.3 Å². The number of methoxy groups -OCH3 is 1. The highest BCUT2D eigenvalue weighted by molar-refractivity contribution is 7.14. The second kappa shape index (κ2) is 14.9. The zero-order valence-electron chi connectivity index (χ0n) is 22.6. The van der Waals surface area contributed by atoms with Gasteiger partial charge in [0, 0.05) is 12.5 Å². The smallest absolute Gasteiger partial charge is 0.362 e. The molecule has 0 unspecified atom stereocenters. The van der Waals surface area contributed by atoms with Crippen LogP contribution in [0, 0.1) is 0 Å².